The molecule has 0 spiro atoms. The molecule has 10 heteroatoms. The van der Waals surface area contributed by atoms with Crippen molar-refractivity contribution in [1.82, 2.24) is 19.6 Å². The lowest BCUT2D eigenvalue weighted by Crippen LogP contribution is -2.52. The highest BCUT2D eigenvalue weighted by molar-refractivity contribution is 7.88. The molecular weight excluding hydrogens is 514 g/mol. The van der Waals surface area contributed by atoms with Gasteiger partial charge in [0.1, 0.15) is 5.82 Å². The van der Waals surface area contributed by atoms with Gasteiger partial charge < -0.3 is 15.0 Å². The van der Waals surface area contributed by atoms with E-state index in [1.807, 2.05) is 43.3 Å². The predicted molar refractivity (Wildman–Crippen MR) is 153 cm³/mol. The van der Waals surface area contributed by atoms with Gasteiger partial charge in [0.2, 0.25) is 15.9 Å². The maximum atomic E-state index is 12.8. The molecule has 208 valence electrons. The van der Waals surface area contributed by atoms with E-state index < -0.39 is 10.0 Å². The second-order valence-electron chi connectivity index (χ2n) is 11.0. The van der Waals surface area contributed by atoms with Crippen molar-refractivity contribution in [1.29, 1.82) is 0 Å². The fourth-order valence-electron chi connectivity index (χ4n) is 5.67. The molecule has 0 bridgehead atoms. The van der Waals surface area contributed by atoms with E-state index in [4.69, 9.17) is 9.72 Å². The second kappa shape index (κ2) is 11.2. The molecule has 2 fully saturated rings. The molecule has 4 atom stereocenters. The Bertz CT molecular complexity index is 1450. The van der Waals surface area contributed by atoms with Crippen LogP contribution in [0.1, 0.15) is 39.3 Å². The zero-order valence-corrected chi connectivity index (χ0v) is 23.8. The average Bonchev–Trinajstić information content (AvgIpc) is 2.88. The summed E-state index contributed by atoms with van der Waals surface area (Å²) in [7, 11) is -3.31. The molecule has 0 unspecified atom stereocenters. The molecule has 4 heterocycles. The van der Waals surface area contributed by atoms with Gasteiger partial charge in [-0.2, -0.15) is 4.31 Å². The van der Waals surface area contributed by atoms with E-state index in [0.717, 1.165) is 47.4 Å². The zero-order chi connectivity index (χ0) is 27.7. The van der Waals surface area contributed by atoms with Crippen molar-refractivity contribution in [2.75, 3.05) is 30.8 Å². The number of carbonyl (C=O) groups excluding carboxylic acids is 1. The van der Waals surface area contributed by atoms with Gasteiger partial charge in [0, 0.05) is 48.9 Å². The Morgan fingerprint density at radius 3 is 2.54 bits per heavy atom. The van der Waals surface area contributed by atoms with Crippen molar-refractivity contribution in [3.05, 3.63) is 54.4 Å². The van der Waals surface area contributed by atoms with Crippen molar-refractivity contribution >= 4 is 32.5 Å². The fraction of sp³-hybridized carbons (Fsp3) is 0.483. The number of carbonyl (C=O) groups is 1. The first kappa shape index (κ1) is 27.5. The topological polar surface area (TPSA) is 105 Å². The Kier molecular flexibility index (Phi) is 7.89. The molecule has 2 aromatic heterocycles. The molecule has 0 saturated carbocycles. The minimum atomic E-state index is -3.31. The Morgan fingerprint density at radius 2 is 1.79 bits per heavy atom. The summed E-state index contributed by atoms with van der Waals surface area (Å²) >= 11 is 0. The Morgan fingerprint density at radius 1 is 1.03 bits per heavy atom. The largest absolute Gasteiger partial charge is 0.372 e. The van der Waals surface area contributed by atoms with Gasteiger partial charge in [-0.15, -0.1) is 0 Å². The number of amides is 1. The molecular formula is C29H37N5O4S. The third-order valence-electron chi connectivity index (χ3n) is 7.51. The number of hydrogen-bond acceptors (Lipinski definition) is 7. The first-order chi connectivity index (χ1) is 18.5. The minimum absolute atomic E-state index is 0.0549. The standard InChI is InChI=1S/C29H37N5O4S/c1-19-8-11-25(18-34(19)39(4,36)37)31-29(35)14-26-13-24-12-22(9-10-23(24)15-30-26)27-6-5-7-28(32-27)33-16-20(2)38-21(3)17-33/h5-7,9-10,12-13,15,19-21,25H,8,11,14,16-18H2,1-4H3,(H,31,35)/t19-,20-,21+,25-/m1/s1. The van der Waals surface area contributed by atoms with Gasteiger partial charge in [0.05, 0.1) is 36.3 Å². The normalized spacial score (nSPS) is 24.6. The number of pyridine rings is 2. The average molecular weight is 552 g/mol. The number of nitrogens with zero attached hydrogens (tertiary/aromatic N) is 4. The van der Waals surface area contributed by atoms with Gasteiger partial charge in [-0.3, -0.25) is 9.78 Å². The van der Waals surface area contributed by atoms with Gasteiger partial charge in [-0.05, 0) is 63.3 Å². The van der Waals surface area contributed by atoms with E-state index in [-0.39, 0.29) is 36.6 Å². The molecule has 0 radical (unpaired) electrons. The molecule has 2 saturated heterocycles. The summed E-state index contributed by atoms with van der Waals surface area (Å²) in [4.78, 5) is 24.6. The van der Waals surface area contributed by atoms with Crippen molar-refractivity contribution in [3.63, 3.8) is 0 Å². The molecule has 2 aliphatic rings. The lowest BCUT2D eigenvalue weighted by Gasteiger charge is -2.36. The third kappa shape index (κ3) is 6.57. The van der Waals surface area contributed by atoms with E-state index >= 15 is 0 Å². The summed E-state index contributed by atoms with van der Waals surface area (Å²) in [5.74, 6) is 0.780. The number of aromatic nitrogens is 2. The van der Waals surface area contributed by atoms with Crippen molar-refractivity contribution in [2.45, 2.75) is 64.3 Å². The van der Waals surface area contributed by atoms with E-state index in [2.05, 4.69) is 35.1 Å². The Labute approximate surface area is 230 Å². The summed E-state index contributed by atoms with van der Waals surface area (Å²) in [6.45, 7) is 7.99. The summed E-state index contributed by atoms with van der Waals surface area (Å²) < 4.78 is 31.5. The van der Waals surface area contributed by atoms with Crippen LogP contribution in [0.15, 0.2) is 48.7 Å². The predicted octanol–water partition coefficient (Wildman–Crippen LogP) is 3.38. The van der Waals surface area contributed by atoms with Crippen LogP contribution in [-0.4, -0.2) is 78.8 Å². The molecule has 2 aliphatic heterocycles. The molecule has 0 aliphatic carbocycles. The maximum absolute atomic E-state index is 12.8. The molecule has 9 nitrogen and oxygen atoms in total. The van der Waals surface area contributed by atoms with Crippen LogP contribution in [0, 0.1) is 0 Å². The van der Waals surface area contributed by atoms with Gasteiger partial charge >= 0.3 is 0 Å². The van der Waals surface area contributed by atoms with Crippen LogP contribution in [0.25, 0.3) is 22.0 Å². The first-order valence-electron chi connectivity index (χ1n) is 13.6. The smallest absolute Gasteiger partial charge is 0.226 e. The number of hydrogen-bond donors (Lipinski definition) is 1. The highest BCUT2D eigenvalue weighted by Gasteiger charge is 2.32. The minimum Gasteiger partial charge on any atom is -0.372 e. The van der Waals surface area contributed by atoms with E-state index in [9.17, 15) is 13.2 Å². The first-order valence-corrected chi connectivity index (χ1v) is 15.4. The van der Waals surface area contributed by atoms with Crippen LogP contribution in [0.4, 0.5) is 5.82 Å². The summed E-state index contributed by atoms with van der Waals surface area (Å²) in [6, 6.07) is 13.9. The molecule has 1 amide bonds. The van der Waals surface area contributed by atoms with E-state index in [1.165, 1.54) is 10.6 Å². The van der Waals surface area contributed by atoms with Crippen molar-refractivity contribution in [2.24, 2.45) is 0 Å². The summed E-state index contributed by atoms with van der Waals surface area (Å²) in [6.07, 6.45) is 4.92. The second-order valence-corrected chi connectivity index (χ2v) is 12.9. The number of benzene rings is 1. The molecule has 3 aromatic rings. The zero-order valence-electron chi connectivity index (χ0n) is 23.0. The van der Waals surface area contributed by atoms with Crippen molar-refractivity contribution in [3.8, 4) is 11.3 Å². The Balaban J connectivity index is 1.29. The number of rotatable bonds is 6. The maximum Gasteiger partial charge on any atom is 0.226 e. The number of anilines is 1. The molecule has 1 aromatic carbocycles. The van der Waals surface area contributed by atoms with Crippen LogP contribution < -0.4 is 10.2 Å². The Hall–Kier alpha value is -3.08. The lowest BCUT2D eigenvalue weighted by molar-refractivity contribution is -0.121. The van der Waals surface area contributed by atoms with Gasteiger partial charge in [-0.1, -0.05) is 18.2 Å². The van der Waals surface area contributed by atoms with Crippen LogP contribution in [0.3, 0.4) is 0 Å². The van der Waals surface area contributed by atoms with Crippen LogP contribution >= 0.6 is 0 Å². The molecule has 5 rings (SSSR count). The molecule has 39 heavy (non-hydrogen) atoms. The van der Waals surface area contributed by atoms with Crippen LogP contribution in [-0.2, 0) is 26.0 Å². The number of sulfonamides is 1. The van der Waals surface area contributed by atoms with Gasteiger partial charge in [-0.25, -0.2) is 13.4 Å². The number of piperidine rings is 1. The van der Waals surface area contributed by atoms with E-state index in [1.54, 1.807) is 6.20 Å². The number of morpholine rings is 1. The summed E-state index contributed by atoms with van der Waals surface area (Å²) in [5.41, 5.74) is 2.55. The number of ether oxygens (including phenoxy) is 1. The lowest BCUT2D eigenvalue weighted by atomic mass is 10.0. The van der Waals surface area contributed by atoms with E-state index in [0.29, 0.717) is 18.7 Å². The third-order valence-corrected chi connectivity index (χ3v) is 8.87. The highest BCUT2D eigenvalue weighted by Crippen LogP contribution is 2.27. The highest BCUT2D eigenvalue weighted by atomic mass is 32.2. The summed E-state index contributed by atoms with van der Waals surface area (Å²) in [5, 5.41) is 4.98. The molecule has 1 N–H and O–H groups in total. The number of fused-ring (bicyclic) bond motifs is 1. The number of nitrogens with one attached hydrogen (secondary N) is 1. The quantitative estimate of drug-likeness (QED) is 0.501. The van der Waals surface area contributed by atoms with Gasteiger partial charge in [0.15, 0.2) is 0 Å². The monoisotopic (exact) mass is 551 g/mol. The van der Waals surface area contributed by atoms with Crippen LogP contribution in [0.2, 0.25) is 0 Å². The van der Waals surface area contributed by atoms with Crippen LogP contribution in [0.5, 0.6) is 0 Å². The van der Waals surface area contributed by atoms with Crippen molar-refractivity contribution < 1.29 is 17.9 Å². The SMILES string of the molecule is C[C@@H]1CN(c2cccc(-c3ccc4cnc(CC(=O)N[C@@H]5CC[C@@H](C)N(S(C)(=O)=O)C5)cc4c3)n2)C[C@H](C)O1. The van der Waals surface area contributed by atoms with Gasteiger partial charge in [0.25, 0.3) is 0 Å². The fourth-order valence-corrected chi connectivity index (χ4v) is 6.88.